The summed E-state index contributed by atoms with van der Waals surface area (Å²) in [5.74, 6) is 0.207. The van der Waals surface area contributed by atoms with Crippen LogP contribution in [0.25, 0.3) is 11.8 Å². The summed E-state index contributed by atoms with van der Waals surface area (Å²) >= 11 is 5.05. The van der Waals surface area contributed by atoms with Crippen LogP contribution in [0.3, 0.4) is 0 Å². The second-order valence-electron chi connectivity index (χ2n) is 9.59. The first-order chi connectivity index (χ1) is 19.9. The smallest absolute Gasteiger partial charge is 0.387 e. The molecule has 2 heterocycles. The molecule has 0 spiro atoms. The van der Waals surface area contributed by atoms with Gasteiger partial charge in [0.1, 0.15) is 11.5 Å². The van der Waals surface area contributed by atoms with E-state index in [0.29, 0.717) is 0 Å². The molecular formula is C31H23BrF4N2O2S. The number of benzene rings is 3. The molecule has 0 saturated carbocycles. The lowest BCUT2D eigenvalue weighted by molar-refractivity contribution is -0.0505. The average molecular weight is 644 g/mol. The van der Waals surface area contributed by atoms with Crippen molar-refractivity contribution in [1.29, 1.82) is 0 Å². The van der Waals surface area contributed by atoms with E-state index in [2.05, 4.69) is 35.7 Å². The highest BCUT2D eigenvalue weighted by Crippen LogP contribution is 2.51. The van der Waals surface area contributed by atoms with Crippen molar-refractivity contribution in [3.8, 4) is 11.5 Å². The zero-order valence-electron chi connectivity index (χ0n) is 21.4. The molecule has 1 unspecified atom stereocenters. The first-order valence-electron chi connectivity index (χ1n) is 12.9. The highest BCUT2D eigenvalue weighted by atomic mass is 79.9. The zero-order chi connectivity index (χ0) is 28.5. The molecule has 3 aromatic rings. The van der Waals surface area contributed by atoms with Crippen LogP contribution >= 0.6 is 27.7 Å². The summed E-state index contributed by atoms with van der Waals surface area (Å²) in [7, 11) is 0. The van der Waals surface area contributed by atoms with Gasteiger partial charge in [-0.15, -0.1) is 0 Å². The van der Waals surface area contributed by atoms with Gasteiger partial charge in [-0.25, -0.2) is 4.99 Å². The number of thioether (sulfide) groups is 1. The number of ether oxygens (including phenoxy) is 2. The van der Waals surface area contributed by atoms with Crippen molar-refractivity contribution in [3.63, 3.8) is 0 Å². The maximum Gasteiger partial charge on any atom is 0.387 e. The third-order valence-corrected chi connectivity index (χ3v) is 8.41. The van der Waals surface area contributed by atoms with E-state index in [1.165, 1.54) is 12.1 Å². The fourth-order valence-corrected chi connectivity index (χ4v) is 6.52. The maximum atomic E-state index is 12.8. The third kappa shape index (κ3) is 5.94. The van der Waals surface area contributed by atoms with Gasteiger partial charge in [-0.3, -0.25) is 0 Å². The van der Waals surface area contributed by atoms with Crippen molar-refractivity contribution in [2.75, 3.05) is 0 Å². The van der Waals surface area contributed by atoms with Gasteiger partial charge in [0.05, 0.1) is 17.4 Å². The molecule has 2 aliphatic heterocycles. The van der Waals surface area contributed by atoms with Gasteiger partial charge in [0.2, 0.25) is 0 Å². The quantitative estimate of drug-likeness (QED) is 0.240. The van der Waals surface area contributed by atoms with E-state index < -0.39 is 13.2 Å². The Balaban J connectivity index is 1.41. The van der Waals surface area contributed by atoms with Crippen LogP contribution in [0.2, 0.25) is 0 Å². The van der Waals surface area contributed by atoms with E-state index in [1.54, 1.807) is 36.0 Å². The average Bonchev–Trinajstić information content (AvgIpc) is 3.37. The highest BCUT2D eigenvalue weighted by molar-refractivity contribution is 9.10. The minimum atomic E-state index is -2.90. The SMILES string of the molecule is FC(F)Oc1ccc(/C=C2/CCCC3=C2N=C2SC=C(c4ccc(Br)cc4)N2C3c2ccc(OC(F)F)cc2)cc1. The molecule has 10 heteroatoms. The van der Waals surface area contributed by atoms with Crippen molar-refractivity contribution in [2.24, 2.45) is 4.99 Å². The second-order valence-corrected chi connectivity index (χ2v) is 11.3. The summed E-state index contributed by atoms with van der Waals surface area (Å²) in [6.45, 7) is -5.77. The molecule has 0 aromatic heterocycles. The molecule has 0 saturated heterocycles. The number of aliphatic imine (C=N–C) groups is 1. The van der Waals surface area contributed by atoms with Crippen LogP contribution in [-0.4, -0.2) is 23.3 Å². The Kier molecular flexibility index (Phi) is 7.94. The van der Waals surface area contributed by atoms with Crippen LogP contribution in [0.15, 0.2) is 105 Å². The molecule has 6 rings (SSSR count). The van der Waals surface area contributed by atoms with E-state index in [-0.39, 0.29) is 17.5 Å². The number of alkyl halides is 4. The molecule has 41 heavy (non-hydrogen) atoms. The van der Waals surface area contributed by atoms with Crippen molar-refractivity contribution in [1.82, 2.24) is 4.90 Å². The number of allylic oxidation sites excluding steroid dienone is 1. The van der Waals surface area contributed by atoms with E-state index in [9.17, 15) is 17.6 Å². The lowest BCUT2D eigenvalue weighted by Crippen LogP contribution is -2.34. The molecule has 0 fully saturated rings. The van der Waals surface area contributed by atoms with Gasteiger partial charge in [0, 0.05) is 9.88 Å². The van der Waals surface area contributed by atoms with Gasteiger partial charge >= 0.3 is 13.2 Å². The Bertz CT molecular complexity index is 1550. The van der Waals surface area contributed by atoms with Gasteiger partial charge in [0.15, 0.2) is 5.17 Å². The molecule has 0 bridgehead atoms. The van der Waals surface area contributed by atoms with Crippen molar-refractivity contribution < 1.29 is 27.0 Å². The topological polar surface area (TPSA) is 34.1 Å². The van der Waals surface area contributed by atoms with Gasteiger partial charge < -0.3 is 14.4 Å². The second kappa shape index (κ2) is 11.8. The standard InChI is InChI=1S/C31H23BrF4N2O2S/c32-22-10-6-19(7-11-22)26-17-41-31-37-27-21(16-18-4-12-23(13-5-18)39-29(33)34)2-1-3-25(27)28(38(26)31)20-8-14-24(15-9-20)40-30(35)36/h4-17,28-30H,1-3H2/b21-16-. The number of halogens is 5. The fraction of sp³-hybridized carbons (Fsp3) is 0.194. The number of fused-ring (bicyclic) bond motifs is 1. The van der Waals surface area contributed by atoms with Gasteiger partial charge in [-0.1, -0.05) is 64.1 Å². The summed E-state index contributed by atoms with van der Waals surface area (Å²) < 4.78 is 60.9. The zero-order valence-corrected chi connectivity index (χ0v) is 23.8. The van der Waals surface area contributed by atoms with Crippen LogP contribution in [0.4, 0.5) is 17.6 Å². The lowest BCUT2D eigenvalue weighted by atomic mass is 9.82. The number of nitrogens with zero attached hydrogens (tertiary/aromatic N) is 2. The van der Waals surface area contributed by atoms with E-state index in [1.807, 2.05) is 42.5 Å². The van der Waals surface area contributed by atoms with Crippen LogP contribution in [0.5, 0.6) is 11.5 Å². The monoisotopic (exact) mass is 642 g/mol. The predicted octanol–water partition coefficient (Wildman–Crippen LogP) is 9.63. The van der Waals surface area contributed by atoms with Gasteiger partial charge in [0.25, 0.3) is 0 Å². The van der Waals surface area contributed by atoms with E-state index in [0.717, 1.165) is 68.1 Å². The van der Waals surface area contributed by atoms with E-state index in [4.69, 9.17) is 4.99 Å². The minimum Gasteiger partial charge on any atom is -0.435 e. The number of hydrogen-bond acceptors (Lipinski definition) is 5. The summed E-state index contributed by atoms with van der Waals surface area (Å²) in [5, 5.41) is 2.92. The summed E-state index contributed by atoms with van der Waals surface area (Å²) in [6.07, 6.45) is 4.58. The molecule has 0 N–H and O–H groups in total. The maximum absolute atomic E-state index is 12.8. The number of rotatable bonds is 7. The Hall–Kier alpha value is -3.50. The van der Waals surface area contributed by atoms with Crippen LogP contribution in [-0.2, 0) is 0 Å². The van der Waals surface area contributed by atoms with Gasteiger partial charge in [-0.2, -0.15) is 17.6 Å². The summed E-state index contributed by atoms with van der Waals surface area (Å²) in [6, 6.07) is 21.2. The fourth-order valence-electron chi connectivity index (χ4n) is 5.33. The van der Waals surface area contributed by atoms with Crippen LogP contribution in [0.1, 0.15) is 42.0 Å². The Labute approximate surface area is 247 Å². The first-order valence-corrected chi connectivity index (χ1v) is 14.6. The molecule has 0 amide bonds. The minimum absolute atomic E-state index is 0.102. The Morgan fingerprint density at radius 1 is 0.854 bits per heavy atom. The molecule has 0 radical (unpaired) electrons. The molecule has 1 aliphatic carbocycles. The normalized spacial score (nSPS) is 19.3. The van der Waals surface area contributed by atoms with Crippen molar-refractivity contribution in [2.45, 2.75) is 38.5 Å². The largest absolute Gasteiger partial charge is 0.435 e. The Morgan fingerprint density at radius 2 is 1.49 bits per heavy atom. The molecule has 3 aromatic carbocycles. The predicted molar refractivity (Wildman–Crippen MR) is 157 cm³/mol. The van der Waals surface area contributed by atoms with Crippen LogP contribution in [0, 0.1) is 0 Å². The molecule has 4 nitrogen and oxygen atoms in total. The number of hydrogen-bond donors (Lipinski definition) is 0. The first kappa shape index (κ1) is 27.7. The summed E-state index contributed by atoms with van der Waals surface area (Å²) in [5.41, 5.74) is 6.94. The van der Waals surface area contributed by atoms with Crippen molar-refractivity contribution in [3.05, 3.63) is 116 Å². The summed E-state index contributed by atoms with van der Waals surface area (Å²) in [4.78, 5) is 7.35. The number of amidine groups is 1. The highest BCUT2D eigenvalue weighted by Gasteiger charge is 2.40. The third-order valence-electron chi connectivity index (χ3n) is 7.05. The molecule has 1 atom stereocenters. The molecule has 210 valence electrons. The van der Waals surface area contributed by atoms with Crippen molar-refractivity contribution >= 4 is 44.6 Å². The Morgan fingerprint density at radius 3 is 2.12 bits per heavy atom. The van der Waals surface area contributed by atoms with E-state index >= 15 is 0 Å². The lowest BCUT2D eigenvalue weighted by Gasteiger charge is -2.40. The molecular weight excluding hydrogens is 620 g/mol. The molecule has 3 aliphatic rings. The van der Waals surface area contributed by atoms with Crippen LogP contribution < -0.4 is 9.47 Å². The van der Waals surface area contributed by atoms with Gasteiger partial charge in [-0.05, 0) is 89.6 Å².